The Morgan fingerprint density at radius 2 is 1.76 bits per heavy atom. The fraction of sp³-hybridized carbons (Fsp3) is 0.444. The molecule has 182 valence electrons. The maximum atomic E-state index is 10.6. The second kappa shape index (κ2) is 11.5. The van der Waals surface area contributed by atoms with Gasteiger partial charge in [-0.25, -0.2) is 4.68 Å². The minimum Gasteiger partial charge on any atom is -0.493 e. The first-order valence-electron chi connectivity index (χ1n) is 12.1. The number of aliphatic hydroxyl groups excluding tert-OH is 1. The Labute approximate surface area is 201 Å². The molecule has 0 radical (unpaired) electrons. The monoisotopic (exact) mass is 465 g/mol. The van der Waals surface area contributed by atoms with E-state index in [1.54, 1.807) is 7.11 Å². The molecule has 1 aliphatic rings. The molecule has 1 heterocycles. The highest BCUT2D eigenvalue weighted by molar-refractivity contribution is 5.47. The summed E-state index contributed by atoms with van der Waals surface area (Å²) in [5, 5.41) is 15.5. The van der Waals surface area contributed by atoms with Gasteiger partial charge < -0.3 is 19.3 Å². The number of hydrogen-bond donors (Lipinski definition) is 1. The Morgan fingerprint density at radius 1 is 1.06 bits per heavy atom. The van der Waals surface area contributed by atoms with E-state index in [2.05, 4.69) is 11.8 Å². The highest BCUT2D eigenvalue weighted by Gasteiger charge is 2.33. The molecule has 7 nitrogen and oxygen atoms in total. The molecule has 0 spiro atoms. The molecule has 0 saturated heterocycles. The summed E-state index contributed by atoms with van der Waals surface area (Å²) in [5.41, 5.74) is 2.95. The van der Waals surface area contributed by atoms with Gasteiger partial charge in [-0.05, 0) is 50.5 Å². The fourth-order valence-corrected chi connectivity index (χ4v) is 4.14. The highest BCUT2D eigenvalue weighted by atomic mass is 16.5. The van der Waals surface area contributed by atoms with Gasteiger partial charge in [0.2, 0.25) is 5.88 Å². The number of ether oxygens (including phenoxy) is 3. The van der Waals surface area contributed by atoms with E-state index < -0.39 is 6.10 Å². The first kappa shape index (κ1) is 24.3. The quantitative estimate of drug-likeness (QED) is 0.398. The lowest BCUT2D eigenvalue weighted by atomic mass is 10.1. The standard InChI is InChI=1S/C27H35N3O4/c1-4-24-23(18-29(20-15-16-20)17-22(31)19-33-5-2)27(30(28-24)21-11-7-6-8-12-21)34-26-14-10-9-13-25(26)32-3/h6-14,20,22,31H,4-5,15-19H2,1-3H3. The van der Waals surface area contributed by atoms with Crippen molar-refractivity contribution in [2.75, 3.05) is 26.9 Å². The summed E-state index contributed by atoms with van der Waals surface area (Å²) >= 11 is 0. The third-order valence-electron chi connectivity index (χ3n) is 6.02. The highest BCUT2D eigenvalue weighted by Crippen LogP contribution is 2.38. The van der Waals surface area contributed by atoms with Crippen LogP contribution in [0.3, 0.4) is 0 Å². The summed E-state index contributed by atoms with van der Waals surface area (Å²) in [4.78, 5) is 2.34. The number of benzene rings is 2. The van der Waals surface area contributed by atoms with E-state index in [0.29, 0.717) is 49.7 Å². The van der Waals surface area contributed by atoms with E-state index in [4.69, 9.17) is 19.3 Å². The maximum absolute atomic E-state index is 10.6. The minimum atomic E-state index is -0.534. The number of aromatic nitrogens is 2. The van der Waals surface area contributed by atoms with Crippen molar-refractivity contribution in [3.8, 4) is 23.1 Å². The van der Waals surface area contributed by atoms with Crippen LogP contribution in [0.5, 0.6) is 17.4 Å². The van der Waals surface area contributed by atoms with Gasteiger partial charge in [0.05, 0.1) is 36.8 Å². The Morgan fingerprint density at radius 3 is 2.41 bits per heavy atom. The number of hydrogen-bond acceptors (Lipinski definition) is 6. The lowest BCUT2D eigenvalue weighted by Gasteiger charge is -2.25. The molecule has 4 rings (SSSR count). The summed E-state index contributed by atoms with van der Waals surface area (Å²) < 4.78 is 19.4. The van der Waals surface area contributed by atoms with Crippen molar-refractivity contribution >= 4 is 0 Å². The minimum absolute atomic E-state index is 0.341. The van der Waals surface area contributed by atoms with Crippen LogP contribution < -0.4 is 9.47 Å². The topological polar surface area (TPSA) is 69.0 Å². The molecular formula is C27H35N3O4. The summed E-state index contributed by atoms with van der Waals surface area (Å²) in [6.07, 6.45) is 2.52. The number of methoxy groups -OCH3 is 1. The largest absolute Gasteiger partial charge is 0.493 e. The molecule has 34 heavy (non-hydrogen) atoms. The molecule has 1 fully saturated rings. The van der Waals surface area contributed by atoms with Crippen LogP contribution in [0.25, 0.3) is 5.69 Å². The predicted octanol–water partition coefficient (Wildman–Crippen LogP) is 4.60. The molecule has 7 heteroatoms. The smallest absolute Gasteiger partial charge is 0.227 e. The zero-order valence-electron chi connectivity index (χ0n) is 20.3. The van der Waals surface area contributed by atoms with Gasteiger partial charge in [-0.2, -0.15) is 5.10 Å². The van der Waals surface area contributed by atoms with Crippen molar-refractivity contribution in [3.63, 3.8) is 0 Å². The first-order chi connectivity index (χ1) is 16.6. The second-order valence-electron chi connectivity index (χ2n) is 8.56. The van der Waals surface area contributed by atoms with E-state index >= 15 is 0 Å². The van der Waals surface area contributed by atoms with Crippen LogP contribution in [0.15, 0.2) is 54.6 Å². The molecule has 0 bridgehead atoms. The molecule has 1 aromatic heterocycles. The molecule has 0 amide bonds. The van der Waals surface area contributed by atoms with Gasteiger partial charge in [-0.15, -0.1) is 0 Å². The van der Waals surface area contributed by atoms with Gasteiger partial charge in [-0.3, -0.25) is 4.90 Å². The third-order valence-corrected chi connectivity index (χ3v) is 6.02. The maximum Gasteiger partial charge on any atom is 0.227 e. The Hall–Kier alpha value is -2.87. The second-order valence-corrected chi connectivity index (χ2v) is 8.56. The molecule has 1 saturated carbocycles. The Balaban J connectivity index is 1.72. The molecule has 1 N–H and O–H groups in total. The summed E-state index contributed by atoms with van der Waals surface area (Å²) in [6, 6.07) is 18.1. The van der Waals surface area contributed by atoms with Gasteiger partial charge in [0.15, 0.2) is 11.5 Å². The molecule has 1 aliphatic carbocycles. The van der Waals surface area contributed by atoms with E-state index in [-0.39, 0.29) is 0 Å². The molecule has 1 atom stereocenters. The van der Waals surface area contributed by atoms with E-state index in [1.165, 1.54) is 0 Å². The molecule has 3 aromatic rings. The van der Waals surface area contributed by atoms with Crippen molar-refractivity contribution in [1.29, 1.82) is 0 Å². The Bertz CT molecular complexity index is 1050. The van der Waals surface area contributed by atoms with E-state index in [9.17, 15) is 5.11 Å². The van der Waals surface area contributed by atoms with Gasteiger partial charge in [0.25, 0.3) is 0 Å². The van der Waals surface area contributed by atoms with Crippen molar-refractivity contribution < 1.29 is 19.3 Å². The summed E-state index contributed by atoms with van der Waals surface area (Å²) in [5.74, 6) is 1.98. The van der Waals surface area contributed by atoms with Crippen molar-refractivity contribution in [2.45, 2.75) is 51.8 Å². The lowest BCUT2D eigenvalue weighted by Crippen LogP contribution is -2.36. The van der Waals surface area contributed by atoms with Crippen LogP contribution in [-0.4, -0.2) is 58.8 Å². The van der Waals surface area contributed by atoms with Crippen LogP contribution >= 0.6 is 0 Å². The zero-order valence-corrected chi connectivity index (χ0v) is 20.3. The number of aryl methyl sites for hydroxylation is 1. The van der Waals surface area contributed by atoms with Crippen molar-refractivity contribution in [3.05, 3.63) is 65.9 Å². The van der Waals surface area contributed by atoms with E-state index in [1.807, 2.05) is 66.2 Å². The van der Waals surface area contributed by atoms with Crippen LogP contribution in [0.1, 0.15) is 37.9 Å². The zero-order chi connectivity index (χ0) is 23.9. The van der Waals surface area contributed by atoms with Gasteiger partial charge in [-0.1, -0.05) is 37.3 Å². The molecular weight excluding hydrogens is 430 g/mol. The van der Waals surface area contributed by atoms with E-state index in [0.717, 1.165) is 36.2 Å². The number of nitrogens with zero attached hydrogens (tertiary/aromatic N) is 3. The number of rotatable bonds is 13. The number of aliphatic hydroxyl groups is 1. The average molecular weight is 466 g/mol. The molecule has 0 aliphatic heterocycles. The van der Waals surface area contributed by atoms with Crippen molar-refractivity contribution in [1.82, 2.24) is 14.7 Å². The van der Waals surface area contributed by atoms with Crippen LogP contribution in [-0.2, 0) is 17.7 Å². The Kier molecular flexibility index (Phi) is 8.21. The third kappa shape index (κ3) is 5.78. The van der Waals surface area contributed by atoms with Gasteiger partial charge in [0.1, 0.15) is 0 Å². The van der Waals surface area contributed by atoms with Gasteiger partial charge >= 0.3 is 0 Å². The van der Waals surface area contributed by atoms with Gasteiger partial charge in [0, 0.05) is 25.7 Å². The lowest BCUT2D eigenvalue weighted by molar-refractivity contribution is 0.0177. The van der Waals surface area contributed by atoms with Crippen LogP contribution in [0, 0.1) is 0 Å². The molecule has 1 unspecified atom stereocenters. The summed E-state index contributed by atoms with van der Waals surface area (Å²) in [6.45, 7) is 6.19. The van der Waals surface area contributed by atoms with Crippen molar-refractivity contribution in [2.24, 2.45) is 0 Å². The average Bonchev–Trinajstić information content (AvgIpc) is 3.67. The van der Waals surface area contributed by atoms with Crippen LogP contribution in [0.4, 0.5) is 0 Å². The number of para-hydroxylation sites is 3. The first-order valence-corrected chi connectivity index (χ1v) is 12.1. The fourth-order valence-electron chi connectivity index (χ4n) is 4.14. The summed E-state index contributed by atoms with van der Waals surface area (Å²) in [7, 11) is 1.64. The predicted molar refractivity (Wildman–Crippen MR) is 132 cm³/mol. The normalized spacial score (nSPS) is 14.4. The molecule has 2 aromatic carbocycles. The van der Waals surface area contributed by atoms with Crippen LogP contribution in [0.2, 0.25) is 0 Å². The SMILES string of the molecule is CCOCC(O)CN(Cc1c(CC)nn(-c2ccccc2)c1Oc1ccccc1OC)C1CC1.